The fourth-order valence-electron chi connectivity index (χ4n) is 2.36. The molecule has 1 aromatic carbocycles. The molecule has 2 N–H and O–H groups in total. The predicted molar refractivity (Wildman–Crippen MR) is 69.5 cm³/mol. The average Bonchev–Trinajstić information content (AvgIpc) is 3.14. The van der Waals surface area contributed by atoms with Crippen LogP contribution in [0.25, 0.3) is 0 Å². The highest BCUT2D eigenvalue weighted by atomic mass is 16.5. The van der Waals surface area contributed by atoms with E-state index >= 15 is 0 Å². The summed E-state index contributed by atoms with van der Waals surface area (Å²) < 4.78 is 5.75. The second-order valence-corrected chi connectivity index (χ2v) is 5.16. The first kappa shape index (κ1) is 10.9. The van der Waals surface area contributed by atoms with E-state index in [1.807, 2.05) is 0 Å². The molecule has 1 unspecified atom stereocenters. The molecule has 1 heterocycles. The van der Waals surface area contributed by atoms with Crippen LogP contribution in [-0.2, 0) is 0 Å². The van der Waals surface area contributed by atoms with Gasteiger partial charge >= 0.3 is 0 Å². The zero-order chi connectivity index (χ0) is 11.7. The van der Waals surface area contributed by atoms with E-state index in [1.165, 1.54) is 24.9 Å². The molecule has 3 heteroatoms. The van der Waals surface area contributed by atoms with E-state index in [0.717, 1.165) is 25.3 Å². The van der Waals surface area contributed by atoms with Crippen LogP contribution in [-0.4, -0.2) is 25.2 Å². The van der Waals surface area contributed by atoms with Crippen LogP contribution in [0.2, 0.25) is 0 Å². The Hall–Kier alpha value is -1.22. The van der Waals surface area contributed by atoms with Crippen molar-refractivity contribution in [3.8, 4) is 5.75 Å². The Morgan fingerprint density at radius 1 is 1.12 bits per heavy atom. The Kier molecular flexibility index (Phi) is 2.93. The second-order valence-electron chi connectivity index (χ2n) is 5.16. The molecule has 1 aliphatic carbocycles. The lowest BCUT2D eigenvalue weighted by Gasteiger charge is -2.32. The van der Waals surface area contributed by atoms with Crippen LogP contribution in [0.4, 0.5) is 5.69 Å². The monoisotopic (exact) mass is 232 g/mol. The van der Waals surface area contributed by atoms with Gasteiger partial charge in [-0.15, -0.1) is 0 Å². The summed E-state index contributed by atoms with van der Waals surface area (Å²) in [5, 5.41) is 0. The lowest BCUT2D eigenvalue weighted by molar-refractivity contribution is 0.303. The van der Waals surface area contributed by atoms with E-state index in [9.17, 15) is 0 Å². The van der Waals surface area contributed by atoms with Gasteiger partial charge in [0.1, 0.15) is 5.75 Å². The summed E-state index contributed by atoms with van der Waals surface area (Å²) in [5.74, 6) is 0.998. The van der Waals surface area contributed by atoms with Gasteiger partial charge < -0.3 is 15.4 Å². The van der Waals surface area contributed by atoms with Gasteiger partial charge in [0.25, 0.3) is 0 Å². The first-order valence-electron chi connectivity index (χ1n) is 6.58. The second kappa shape index (κ2) is 4.57. The van der Waals surface area contributed by atoms with Crippen molar-refractivity contribution in [1.29, 1.82) is 0 Å². The molecule has 3 rings (SSSR count). The predicted octanol–water partition coefficient (Wildman–Crippen LogP) is 2.16. The third-order valence-electron chi connectivity index (χ3n) is 3.49. The smallest absolute Gasteiger partial charge is 0.119 e. The fourth-order valence-corrected chi connectivity index (χ4v) is 2.36. The van der Waals surface area contributed by atoms with Crippen LogP contribution in [0.3, 0.4) is 0 Å². The van der Waals surface area contributed by atoms with Crippen LogP contribution in [0.1, 0.15) is 25.7 Å². The number of hydrogen-bond acceptors (Lipinski definition) is 3. The van der Waals surface area contributed by atoms with Crippen molar-refractivity contribution in [1.82, 2.24) is 0 Å². The van der Waals surface area contributed by atoms with Gasteiger partial charge in [0.2, 0.25) is 0 Å². The lowest BCUT2D eigenvalue weighted by Crippen LogP contribution is -2.42. The molecule has 1 saturated carbocycles. The van der Waals surface area contributed by atoms with Crippen LogP contribution in [0, 0.1) is 0 Å². The molecule has 1 aromatic rings. The van der Waals surface area contributed by atoms with Gasteiger partial charge in [-0.2, -0.15) is 0 Å². The number of rotatable bonds is 3. The number of anilines is 1. The van der Waals surface area contributed by atoms with Gasteiger partial charge in [-0.05, 0) is 49.9 Å². The molecule has 92 valence electrons. The summed E-state index contributed by atoms with van der Waals surface area (Å²) in [7, 11) is 0. The highest BCUT2D eigenvalue weighted by Gasteiger charge is 2.23. The molecule has 1 aliphatic heterocycles. The third-order valence-corrected chi connectivity index (χ3v) is 3.49. The van der Waals surface area contributed by atoms with E-state index < -0.39 is 0 Å². The molecule has 0 radical (unpaired) electrons. The van der Waals surface area contributed by atoms with Gasteiger partial charge in [-0.3, -0.25) is 0 Å². The topological polar surface area (TPSA) is 38.5 Å². The number of benzene rings is 1. The van der Waals surface area contributed by atoms with E-state index in [4.69, 9.17) is 10.5 Å². The van der Waals surface area contributed by atoms with Gasteiger partial charge in [0.05, 0.1) is 6.10 Å². The fraction of sp³-hybridized carbons (Fsp3) is 0.571. The van der Waals surface area contributed by atoms with Crippen LogP contribution in [0.5, 0.6) is 5.75 Å². The standard InChI is InChI=1S/C14H20N2O/c15-11-2-1-9-16(10-11)12-3-5-13(6-4-12)17-14-7-8-14/h3-6,11,14H,1-2,7-10,15H2. The van der Waals surface area contributed by atoms with Crippen molar-refractivity contribution in [2.24, 2.45) is 5.73 Å². The van der Waals surface area contributed by atoms with Gasteiger partial charge in [-0.25, -0.2) is 0 Å². The van der Waals surface area contributed by atoms with Gasteiger partial charge in [0.15, 0.2) is 0 Å². The molecule has 1 saturated heterocycles. The Labute approximate surface area is 103 Å². The zero-order valence-corrected chi connectivity index (χ0v) is 10.1. The number of hydrogen-bond donors (Lipinski definition) is 1. The van der Waals surface area contributed by atoms with Crippen molar-refractivity contribution in [2.45, 2.75) is 37.8 Å². The molecule has 2 aliphatic rings. The van der Waals surface area contributed by atoms with E-state index in [0.29, 0.717) is 12.1 Å². The minimum Gasteiger partial charge on any atom is -0.490 e. The van der Waals surface area contributed by atoms with Crippen molar-refractivity contribution in [2.75, 3.05) is 18.0 Å². The Bertz CT molecular complexity index is 372. The maximum Gasteiger partial charge on any atom is 0.119 e. The molecule has 0 aromatic heterocycles. The molecule has 2 fully saturated rings. The molecule has 0 amide bonds. The number of ether oxygens (including phenoxy) is 1. The summed E-state index contributed by atoms with van der Waals surface area (Å²) in [6, 6.07) is 8.78. The normalized spacial score (nSPS) is 24.8. The molecular weight excluding hydrogens is 212 g/mol. The third kappa shape index (κ3) is 2.72. The minimum absolute atomic E-state index is 0.325. The zero-order valence-electron chi connectivity index (χ0n) is 10.1. The Morgan fingerprint density at radius 2 is 1.88 bits per heavy atom. The Balaban J connectivity index is 1.65. The van der Waals surface area contributed by atoms with Crippen LogP contribution in [0.15, 0.2) is 24.3 Å². The maximum atomic E-state index is 6.00. The molecule has 1 atom stereocenters. The summed E-state index contributed by atoms with van der Waals surface area (Å²) in [4.78, 5) is 2.37. The number of piperidine rings is 1. The molecule has 0 spiro atoms. The first-order valence-corrected chi connectivity index (χ1v) is 6.58. The quantitative estimate of drug-likeness (QED) is 0.868. The summed E-state index contributed by atoms with van der Waals surface area (Å²) in [6.45, 7) is 2.10. The van der Waals surface area contributed by atoms with Crippen LogP contribution < -0.4 is 15.4 Å². The van der Waals surface area contributed by atoms with E-state index in [1.54, 1.807) is 0 Å². The summed E-state index contributed by atoms with van der Waals surface area (Å²) in [5.41, 5.74) is 7.27. The van der Waals surface area contributed by atoms with E-state index in [2.05, 4.69) is 29.2 Å². The molecule has 0 bridgehead atoms. The largest absolute Gasteiger partial charge is 0.490 e. The average molecular weight is 232 g/mol. The lowest BCUT2D eigenvalue weighted by atomic mass is 10.1. The highest BCUT2D eigenvalue weighted by Crippen LogP contribution is 2.28. The summed E-state index contributed by atoms with van der Waals surface area (Å²) >= 11 is 0. The van der Waals surface area contributed by atoms with Crippen molar-refractivity contribution in [3.05, 3.63) is 24.3 Å². The first-order chi connectivity index (χ1) is 8.31. The maximum absolute atomic E-state index is 6.00. The molecule has 3 nitrogen and oxygen atoms in total. The SMILES string of the molecule is NC1CCCN(c2ccc(OC3CC3)cc2)C1. The molecular formula is C14H20N2O. The van der Waals surface area contributed by atoms with Crippen molar-refractivity contribution >= 4 is 5.69 Å². The van der Waals surface area contributed by atoms with Gasteiger partial charge in [0, 0.05) is 24.8 Å². The minimum atomic E-state index is 0.325. The number of nitrogens with zero attached hydrogens (tertiary/aromatic N) is 1. The van der Waals surface area contributed by atoms with E-state index in [-0.39, 0.29) is 0 Å². The van der Waals surface area contributed by atoms with Gasteiger partial charge in [-0.1, -0.05) is 0 Å². The van der Waals surface area contributed by atoms with Crippen molar-refractivity contribution < 1.29 is 4.74 Å². The molecule has 17 heavy (non-hydrogen) atoms. The number of nitrogens with two attached hydrogens (primary N) is 1. The summed E-state index contributed by atoms with van der Waals surface area (Å²) in [6.07, 6.45) is 5.25. The Morgan fingerprint density at radius 3 is 2.53 bits per heavy atom. The van der Waals surface area contributed by atoms with Crippen LogP contribution >= 0.6 is 0 Å². The highest BCUT2D eigenvalue weighted by molar-refractivity contribution is 5.49. The van der Waals surface area contributed by atoms with Crippen molar-refractivity contribution in [3.63, 3.8) is 0 Å².